The van der Waals surface area contributed by atoms with E-state index in [0.29, 0.717) is 17.9 Å². The number of Topliss-reactive ketones (excluding diaryl/α,β-unsaturated/α-hetero) is 1. The van der Waals surface area contributed by atoms with Crippen molar-refractivity contribution in [1.82, 2.24) is 0 Å². The van der Waals surface area contributed by atoms with Crippen LogP contribution in [0.25, 0.3) is 0 Å². The second kappa shape index (κ2) is 8.44. The predicted octanol–water partition coefficient (Wildman–Crippen LogP) is 4.08. The lowest BCUT2D eigenvalue weighted by Crippen LogP contribution is -2.24. The zero-order chi connectivity index (χ0) is 19.3. The molecule has 8 heteroatoms. The summed E-state index contributed by atoms with van der Waals surface area (Å²) < 4.78 is 10.4. The van der Waals surface area contributed by atoms with Crippen LogP contribution in [-0.4, -0.2) is 29.4 Å². The van der Waals surface area contributed by atoms with E-state index < -0.39 is 28.5 Å². The number of hydrogen-bond acceptors (Lipinski definition) is 6. The van der Waals surface area contributed by atoms with Crippen molar-refractivity contribution < 1.29 is 24.0 Å². The Labute approximate surface area is 154 Å². The van der Waals surface area contributed by atoms with Crippen LogP contribution in [0.1, 0.15) is 34.6 Å². The first kappa shape index (κ1) is 19.4. The zero-order valence-electron chi connectivity index (χ0n) is 14.1. The van der Waals surface area contributed by atoms with Crippen molar-refractivity contribution in [3.05, 3.63) is 68.7 Å². The second-order valence-corrected chi connectivity index (χ2v) is 5.70. The molecular weight excluding hydrogens is 362 g/mol. The maximum absolute atomic E-state index is 12.4. The molecule has 0 aliphatic carbocycles. The van der Waals surface area contributed by atoms with Gasteiger partial charge in [0.05, 0.1) is 17.1 Å². The van der Waals surface area contributed by atoms with Gasteiger partial charge in [0.2, 0.25) is 5.78 Å². The van der Waals surface area contributed by atoms with Gasteiger partial charge in [-0.2, -0.15) is 0 Å². The van der Waals surface area contributed by atoms with Gasteiger partial charge in [0.25, 0.3) is 5.69 Å². The third-order valence-corrected chi connectivity index (χ3v) is 3.80. The molecule has 0 N–H and O–H groups in total. The molecule has 0 heterocycles. The fourth-order valence-corrected chi connectivity index (χ4v) is 2.37. The van der Waals surface area contributed by atoms with Crippen molar-refractivity contribution in [2.45, 2.75) is 20.0 Å². The largest absolute Gasteiger partial charge is 0.494 e. The van der Waals surface area contributed by atoms with E-state index in [9.17, 15) is 19.7 Å². The summed E-state index contributed by atoms with van der Waals surface area (Å²) in [6.45, 7) is 3.79. The van der Waals surface area contributed by atoms with E-state index in [2.05, 4.69) is 0 Å². The van der Waals surface area contributed by atoms with Gasteiger partial charge in [0, 0.05) is 11.6 Å². The molecule has 0 radical (unpaired) electrons. The van der Waals surface area contributed by atoms with Crippen LogP contribution in [0.5, 0.6) is 5.75 Å². The first-order chi connectivity index (χ1) is 12.3. The Morgan fingerprint density at radius 2 is 1.77 bits per heavy atom. The van der Waals surface area contributed by atoms with E-state index >= 15 is 0 Å². The lowest BCUT2D eigenvalue weighted by Gasteiger charge is -2.13. The van der Waals surface area contributed by atoms with E-state index in [4.69, 9.17) is 21.1 Å². The monoisotopic (exact) mass is 377 g/mol. The van der Waals surface area contributed by atoms with Gasteiger partial charge in [-0.3, -0.25) is 14.9 Å². The molecule has 26 heavy (non-hydrogen) atoms. The van der Waals surface area contributed by atoms with Gasteiger partial charge in [-0.1, -0.05) is 11.6 Å². The SMILES string of the molecule is CCOc1ccc(C(=O)[C@H](C)OC(=O)c2ccc(Cl)c([N+](=O)[O-])c2)cc1. The Morgan fingerprint density at radius 1 is 1.15 bits per heavy atom. The summed E-state index contributed by atoms with van der Waals surface area (Å²) in [5.41, 5.74) is -0.116. The van der Waals surface area contributed by atoms with Crippen molar-refractivity contribution in [2.24, 2.45) is 0 Å². The Balaban J connectivity index is 2.09. The number of ketones is 1. The molecule has 0 bridgehead atoms. The first-order valence-corrected chi connectivity index (χ1v) is 8.13. The van der Waals surface area contributed by atoms with E-state index in [1.807, 2.05) is 6.92 Å². The van der Waals surface area contributed by atoms with Crippen LogP contribution in [-0.2, 0) is 4.74 Å². The highest BCUT2D eigenvalue weighted by molar-refractivity contribution is 6.32. The van der Waals surface area contributed by atoms with E-state index in [1.54, 1.807) is 24.3 Å². The minimum atomic E-state index is -1.06. The van der Waals surface area contributed by atoms with E-state index in [0.717, 1.165) is 6.07 Å². The summed E-state index contributed by atoms with van der Waals surface area (Å²) in [6.07, 6.45) is -1.06. The van der Waals surface area contributed by atoms with E-state index in [1.165, 1.54) is 19.1 Å². The molecule has 0 aliphatic heterocycles. The summed E-state index contributed by atoms with van der Waals surface area (Å²) in [5, 5.41) is 10.8. The number of hydrogen-bond donors (Lipinski definition) is 0. The molecule has 0 amide bonds. The second-order valence-electron chi connectivity index (χ2n) is 5.29. The Hall–Kier alpha value is -2.93. The molecule has 0 fully saturated rings. The van der Waals surface area contributed by atoms with Crippen LogP contribution in [0.4, 0.5) is 5.69 Å². The highest BCUT2D eigenvalue weighted by Crippen LogP contribution is 2.25. The highest BCUT2D eigenvalue weighted by atomic mass is 35.5. The third-order valence-electron chi connectivity index (χ3n) is 3.48. The lowest BCUT2D eigenvalue weighted by molar-refractivity contribution is -0.384. The maximum atomic E-state index is 12.4. The molecule has 0 spiro atoms. The van der Waals surface area contributed by atoms with Gasteiger partial charge in [-0.05, 0) is 50.2 Å². The van der Waals surface area contributed by atoms with Gasteiger partial charge in [0.1, 0.15) is 10.8 Å². The van der Waals surface area contributed by atoms with Gasteiger partial charge < -0.3 is 9.47 Å². The zero-order valence-corrected chi connectivity index (χ0v) is 14.9. The predicted molar refractivity (Wildman–Crippen MR) is 94.9 cm³/mol. The minimum absolute atomic E-state index is 0.0626. The summed E-state index contributed by atoms with van der Waals surface area (Å²) >= 11 is 5.71. The van der Waals surface area contributed by atoms with Crippen LogP contribution in [0.2, 0.25) is 5.02 Å². The van der Waals surface area contributed by atoms with Crippen LogP contribution >= 0.6 is 11.6 Å². The van der Waals surface area contributed by atoms with Crippen LogP contribution in [0.15, 0.2) is 42.5 Å². The molecule has 1 atom stereocenters. The van der Waals surface area contributed by atoms with Crippen molar-refractivity contribution in [1.29, 1.82) is 0 Å². The number of carbonyl (C=O) groups excluding carboxylic acids is 2. The Morgan fingerprint density at radius 3 is 2.35 bits per heavy atom. The number of esters is 1. The fraction of sp³-hybridized carbons (Fsp3) is 0.222. The molecule has 0 aliphatic rings. The molecule has 2 aromatic carbocycles. The average Bonchev–Trinajstić information content (AvgIpc) is 2.62. The molecular formula is C18H16ClNO6. The number of ether oxygens (including phenoxy) is 2. The molecule has 0 saturated heterocycles. The van der Waals surface area contributed by atoms with Gasteiger partial charge in [0.15, 0.2) is 6.10 Å². The number of nitrogens with zero attached hydrogens (tertiary/aromatic N) is 1. The topological polar surface area (TPSA) is 95.7 Å². The van der Waals surface area contributed by atoms with Crippen molar-refractivity contribution in [3.63, 3.8) is 0 Å². The maximum Gasteiger partial charge on any atom is 0.339 e. The smallest absolute Gasteiger partial charge is 0.339 e. The number of halogens is 1. The normalized spacial score (nSPS) is 11.5. The summed E-state index contributed by atoms with van der Waals surface area (Å²) in [4.78, 5) is 34.7. The summed E-state index contributed by atoms with van der Waals surface area (Å²) in [5.74, 6) is -0.622. The third kappa shape index (κ3) is 4.58. The quantitative estimate of drug-likeness (QED) is 0.312. The molecule has 7 nitrogen and oxygen atoms in total. The van der Waals surface area contributed by atoms with Gasteiger partial charge in [-0.15, -0.1) is 0 Å². The Kier molecular flexibility index (Phi) is 6.30. The first-order valence-electron chi connectivity index (χ1n) is 7.75. The van der Waals surface area contributed by atoms with Crippen molar-refractivity contribution >= 4 is 29.0 Å². The van der Waals surface area contributed by atoms with Crippen LogP contribution in [0, 0.1) is 10.1 Å². The van der Waals surface area contributed by atoms with Gasteiger partial charge >= 0.3 is 5.97 Å². The van der Waals surface area contributed by atoms with Crippen LogP contribution < -0.4 is 4.74 Å². The number of rotatable bonds is 7. The van der Waals surface area contributed by atoms with Crippen LogP contribution in [0.3, 0.4) is 0 Å². The number of carbonyl (C=O) groups is 2. The van der Waals surface area contributed by atoms with Crippen molar-refractivity contribution in [2.75, 3.05) is 6.61 Å². The molecule has 0 saturated carbocycles. The number of benzene rings is 2. The highest BCUT2D eigenvalue weighted by Gasteiger charge is 2.22. The van der Waals surface area contributed by atoms with Crippen molar-refractivity contribution in [3.8, 4) is 5.75 Å². The summed E-state index contributed by atoms with van der Waals surface area (Å²) in [6, 6.07) is 9.98. The minimum Gasteiger partial charge on any atom is -0.494 e. The standard InChI is InChI=1S/C18H16ClNO6/c1-3-25-14-7-4-12(5-8-14)17(21)11(2)26-18(22)13-6-9-15(19)16(10-13)20(23)24/h4-11H,3H2,1-2H3/t11-/m0/s1. The lowest BCUT2D eigenvalue weighted by atomic mass is 10.1. The molecule has 0 aromatic heterocycles. The molecule has 2 rings (SSSR count). The summed E-state index contributed by atoms with van der Waals surface area (Å²) in [7, 11) is 0. The Bertz CT molecular complexity index is 834. The molecule has 136 valence electrons. The average molecular weight is 378 g/mol. The fourth-order valence-electron chi connectivity index (χ4n) is 2.18. The molecule has 2 aromatic rings. The molecule has 0 unspecified atom stereocenters. The number of nitro groups is 1. The van der Waals surface area contributed by atoms with E-state index in [-0.39, 0.29) is 10.6 Å². The van der Waals surface area contributed by atoms with Gasteiger partial charge in [-0.25, -0.2) is 4.79 Å². The number of nitro benzene ring substituents is 1.